The zero-order valence-electron chi connectivity index (χ0n) is 12.2. The smallest absolute Gasteiger partial charge is 0.260 e. The summed E-state index contributed by atoms with van der Waals surface area (Å²) in [6.45, 7) is 2.58. The maximum atomic E-state index is 12.7. The summed E-state index contributed by atoms with van der Waals surface area (Å²) in [5.74, 6) is -0.215. The van der Waals surface area contributed by atoms with Crippen LogP contribution < -0.4 is 15.8 Å². The Morgan fingerprint density at radius 2 is 2.33 bits per heavy atom. The molecule has 0 aromatic carbocycles. The van der Waals surface area contributed by atoms with E-state index in [2.05, 4.69) is 10.3 Å². The maximum absolute atomic E-state index is 12.7. The number of carbonyl (C=O) groups is 2. The zero-order chi connectivity index (χ0) is 15.4. The van der Waals surface area contributed by atoms with Crippen LogP contribution in [0, 0.1) is 0 Å². The first kappa shape index (κ1) is 15.2. The van der Waals surface area contributed by atoms with E-state index in [0.29, 0.717) is 25.1 Å². The SMILES string of the molecule is CCOc1ncccc1C(=O)N1C[C@H](N)C[C@H]1C(=O)NC. The highest BCUT2D eigenvalue weighted by Crippen LogP contribution is 2.23. The Labute approximate surface area is 123 Å². The molecule has 0 spiro atoms. The predicted octanol–water partition coefficient (Wildman–Crippen LogP) is -0.232. The van der Waals surface area contributed by atoms with Crippen LogP contribution in [0.1, 0.15) is 23.7 Å². The van der Waals surface area contributed by atoms with Crippen LogP contribution in [-0.2, 0) is 4.79 Å². The summed E-state index contributed by atoms with van der Waals surface area (Å²) in [5.41, 5.74) is 6.25. The molecule has 1 fully saturated rings. The van der Waals surface area contributed by atoms with Crippen LogP contribution >= 0.6 is 0 Å². The van der Waals surface area contributed by atoms with Gasteiger partial charge in [0.25, 0.3) is 5.91 Å². The number of hydrogen-bond acceptors (Lipinski definition) is 5. The van der Waals surface area contributed by atoms with Crippen molar-refractivity contribution in [3.63, 3.8) is 0 Å². The molecule has 1 aliphatic heterocycles. The van der Waals surface area contributed by atoms with E-state index in [1.807, 2.05) is 6.92 Å². The molecular formula is C14H20N4O3. The zero-order valence-corrected chi connectivity index (χ0v) is 12.2. The van der Waals surface area contributed by atoms with Crippen LogP contribution in [0.15, 0.2) is 18.3 Å². The van der Waals surface area contributed by atoms with Crippen LogP contribution in [0.3, 0.4) is 0 Å². The number of likely N-dealkylation sites (tertiary alicyclic amines) is 1. The van der Waals surface area contributed by atoms with E-state index >= 15 is 0 Å². The van der Waals surface area contributed by atoms with E-state index in [9.17, 15) is 9.59 Å². The van der Waals surface area contributed by atoms with Gasteiger partial charge in [-0.05, 0) is 25.5 Å². The van der Waals surface area contributed by atoms with Crippen molar-refractivity contribution in [3.8, 4) is 5.88 Å². The molecule has 0 bridgehead atoms. The van der Waals surface area contributed by atoms with Gasteiger partial charge < -0.3 is 20.7 Å². The third kappa shape index (κ3) is 3.13. The molecule has 1 aliphatic rings. The average molecular weight is 292 g/mol. The summed E-state index contributed by atoms with van der Waals surface area (Å²) >= 11 is 0. The second-order valence-electron chi connectivity index (χ2n) is 4.87. The molecule has 3 N–H and O–H groups in total. The van der Waals surface area contributed by atoms with Crippen molar-refractivity contribution in [3.05, 3.63) is 23.9 Å². The van der Waals surface area contributed by atoms with Gasteiger partial charge in [0.05, 0.1) is 6.61 Å². The molecule has 7 heteroatoms. The fourth-order valence-corrected chi connectivity index (χ4v) is 2.47. The summed E-state index contributed by atoms with van der Waals surface area (Å²) in [5, 5.41) is 2.57. The minimum atomic E-state index is -0.549. The molecule has 1 aromatic rings. The van der Waals surface area contributed by atoms with Gasteiger partial charge in [0, 0.05) is 25.8 Å². The lowest BCUT2D eigenvalue weighted by Crippen LogP contribution is -2.45. The third-order valence-electron chi connectivity index (χ3n) is 3.43. The van der Waals surface area contributed by atoms with Gasteiger partial charge in [-0.15, -0.1) is 0 Å². The monoisotopic (exact) mass is 292 g/mol. The van der Waals surface area contributed by atoms with E-state index in [-0.39, 0.29) is 23.7 Å². The number of pyridine rings is 1. The fraction of sp³-hybridized carbons (Fsp3) is 0.500. The second-order valence-corrected chi connectivity index (χ2v) is 4.87. The summed E-state index contributed by atoms with van der Waals surface area (Å²) < 4.78 is 5.38. The van der Waals surface area contributed by atoms with Crippen molar-refractivity contribution in [1.82, 2.24) is 15.2 Å². The molecule has 0 unspecified atom stereocenters. The molecule has 2 rings (SSSR count). The average Bonchev–Trinajstić information content (AvgIpc) is 2.88. The second kappa shape index (κ2) is 6.53. The number of ether oxygens (including phenoxy) is 1. The maximum Gasteiger partial charge on any atom is 0.260 e. The van der Waals surface area contributed by atoms with Gasteiger partial charge in [-0.3, -0.25) is 9.59 Å². The van der Waals surface area contributed by atoms with Gasteiger partial charge in [0.2, 0.25) is 11.8 Å². The summed E-state index contributed by atoms with van der Waals surface area (Å²) in [6, 6.07) is 2.56. The van der Waals surface area contributed by atoms with Gasteiger partial charge >= 0.3 is 0 Å². The Kier molecular flexibility index (Phi) is 4.74. The minimum absolute atomic E-state index is 0.205. The topological polar surface area (TPSA) is 97.6 Å². The first-order valence-electron chi connectivity index (χ1n) is 6.94. The lowest BCUT2D eigenvalue weighted by atomic mass is 10.1. The van der Waals surface area contributed by atoms with Gasteiger partial charge in [-0.1, -0.05) is 0 Å². The Bertz CT molecular complexity index is 535. The van der Waals surface area contributed by atoms with E-state index in [1.54, 1.807) is 25.4 Å². The number of hydrogen-bond donors (Lipinski definition) is 2. The van der Waals surface area contributed by atoms with Gasteiger partial charge in [-0.25, -0.2) is 4.98 Å². The van der Waals surface area contributed by atoms with Gasteiger partial charge in [0.15, 0.2) is 0 Å². The number of nitrogens with one attached hydrogen (secondary N) is 1. The molecule has 1 saturated heterocycles. The predicted molar refractivity (Wildman–Crippen MR) is 76.9 cm³/mol. The number of rotatable bonds is 4. The molecule has 21 heavy (non-hydrogen) atoms. The number of aromatic nitrogens is 1. The molecule has 2 heterocycles. The molecule has 2 amide bonds. The largest absolute Gasteiger partial charge is 0.477 e. The van der Waals surface area contributed by atoms with Crippen LogP contribution in [0.4, 0.5) is 0 Å². The van der Waals surface area contributed by atoms with Crippen LogP contribution in [-0.4, -0.2) is 54.0 Å². The van der Waals surface area contributed by atoms with Gasteiger partial charge in [0.1, 0.15) is 11.6 Å². The van der Waals surface area contributed by atoms with Crippen molar-refractivity contribution in [2.24, 2.45) is 5.73 Å². The normalized spacial score (nSPS) is 21.2. The van der Waals surface area contributed by atoms with E-state index in [0.717, 1.165) is 0 Å². The Hall–Kier alpha value is -2.15. The van der Waals surface area contributed by atoms with E-state index < -0.39 is 6.04 Å². The number of nitrogens with two attached hydrogens (primary N) is 1. The van der Waals surface area contributed by atoms with Crippen LogP contribution in [0.2, 0.25) is 0 Å². The first-order chi connectivity index (χ1) is 10.1. The van der Waals surface area contributed by atoms with Crippen molar-refractivity contribution in [2.75, 3.05) is 20.2 Å². The van der Waals surface area contributed by atoms with Gasteiger partial charge in [-0.2, -0.15) is 0 Å². The standard InChI is InChI=1S/C14H20N4O3/c1-3-21-13-10(5-4-6-17-13)14(20)18-8-9(15)7-11(18)12(19)16-2/h4-6,9,11H,3,7-8,15H2,1-2H3,(H,16,19)/t9-,11+/m1/s1. The summed E-state index contributed by atoms with van der Waals surface area (Å²) in [6.07, 6.45) is 2.02. The van der Waals surface area contributed by atoms with Crippen molar-refractivity contribution >= 4 is 11.8 Å². The molecule has 114 valence electrons. The highest BCUT2D eigenvalue weighted by Gasteiger charge is 2.38. The minimum Gasteiger partial charge on any atom is -0.477 e. The lowest BCUT2D eigenvalue weighted by molar-refractivity contribution is -0.124. The van der Waals surface area contributed by atoms with E-state index in [4.69, 9.17) is 10.5 Å². The number of likely N-dealkylation sites (N-methyl/N-ethyl adjacent to an activating group) is 1. The molecule has 7 nitrogen and oxygen atoms in total. The number of carbonyl (C=O) groups excluding carboxylic acids is 2. The molecule has 0 radical (unpaired) electrons. The van der Waals surface area contributed by atoms with Crippen molar-refractivity contribution in [1.29, 1.82) is 0 Å². The fourth-order valence-electron chi connectivity index (χ4n) is 2.47. The third-order valence-corrected chi connectivity index (χ3v) is 3.43. The molecule has 0 saturated carbocycles. The molecule has 2 atom stereocenters. The molecule has 1 aromatic heterocycles. The highest BCUT2D eigenvalue weighted by molar-refractivity contribution is 5.99. The summed E-state index contributed by atoms with van der Waals surface area (Å²) in [4.78, 5) is 30.2. The number of amides is 2. The quantitative estimate of drug-likeness (QED) is 0.799. The summed E-state index contributed by atoms with van der Waals surface area (Å²) in [7, 11) is 1.55. The van der Waals surface area contributed by atoms with Crippen molar-refractivity contribution in [2.45, 2.75) is 25.4 Å². The van der Waals surface area contributed by atoms with Crippen LogP contribution in [0.25, 0.3) is 0 Å². The first-order valence-corrected chi connectivity index (χ1v) is 6.94. The Balaban J connectivity index is 2.28. The molecular weight excluding hydrogens is 272 g/mol. The Morgan fingerprint density at radius 1 is 1.57 bits per heavy atom. The Morgan fingerprint density at radius 3 is 3.00 bits per heavy atom. The highest BCUT2D eigenvalue weighted by atomic mass is 16.5. The van der Waals surface area contributed by atoms with Crippen LogP contribution in [0.5, 0.6) is 5.88 Å². The molecule has 0 aliphatic carbocycles. The number of nitrogens with zero attached hydrogens (tertiary/aromatic N) is 2. The lowest BCUT2D eigenvalue weighted by Gasteiger charge is -2.23. The van der Waals surface area contributed by atoms with Crippen molar-refractivity contribution < 1.29 is 14.3 Å². The van der Waals surface area contributed by atoms with E-state index in [1.165, 1.54) is 4.90 Å².